The Hall–Kier alpha value is -0.480. The second-order valence-electron chi connectivity index (χ2n) is 3.29. The van der Waals surface area contributed by atoms with Crippen molar-refractivity contribution in [3.05, 3.63) is 17.5 Å². The van der Waals surface area contributed by atoms with Gasteiger partial charge in [-0.1, -0.05) is 12.1 Å². The molecule has 0 aromatic carbocycles. The normalized spacial score (nSPS) is 13.2. The Bertz CT molecular complexity index is 250. The highest BCUT2D eigenvalue weighted by molar-refractivity contribution is 7.98. The average molecular weight is 200 g/mol. The summed E-state index contributed by atoms with van der Waals surface area (Å²) in [7, 11) is 0. The average Bonchev–Trinajstić information content (AvgIpc) is 2.51. The highest BCUT2D eigenvalue weighted by Crippen LogP contribution is 2.15. The fourth-order valence-electron chi connectivity index (χ4n) is 0.913. The number of hydrogen-bond acceptors (Lipinski definition) is 4. The molecule has 1 heterocycles. The number of rotatable bonds is 5. The predicted molar refractivity (Wildman–Crippen MR) is 55.6 cm³/mol. The van der Waals surface area contributed by atoms with Crippen molar-refractivity contribution >= 4 is 11.8 Å². The monoisotopic (exact) mass is 200 g/mol. The summed E-state index contributed by atoms with van der Waals surface area (Å²) in [4.78, 5) is 0. The smallest absolute Gasteiger partial charge is 0.146 e. The minimum atomic E-state index is 0.578. The van der Waals surface area contributed by atoms with Crippen LogP contribution >= 0.6 is 11.8 Å². The van der Waals surface area contributed by atoms with Crippen molar-refractivity contribution < 1.29 is 4.52 Å². The molecule has 0 saturated carbocycles. The second kappa shape index (κ2) is 5.29. The molecule has 1 rings (SSSR count). The van der Waals surface area contributed by atoms with E-state index in [0.717, 1.165) is 29.5 Å². The molecule has 0 saturated heterocycles. The van der Waals surface area contributed by atoms with E-state index < -0.39 is 0 Å². The van der Waals surface area contributed by atoms with Crippen LogP contribution < -0.4 is 5.73 Å². The number of aromatic nitrogens is 1. The van der Waals surface area contributed by atoms with Gasteiger partial charge < -0.3 is 10.3 Å². The Morgan fingerprint density at radius 3 is 3.00 bits per heavy atom. The van der Waals surface area contributed by atoms with Crippen molar-refractivity contribution in [1.29, 1.82) is 0 Å². The molecule has 1 aromatic rings. The molecular weight excluding hydrogens is 184 g/mol. The number of hydrogen-bond donors (Lipinski definition) is 1. The van der Waals surface area contributed by atoms with Crippen molar-refractivity contribution in [3.8, 4) is 0 Å². The molecule has 74 valence electrons. The molecule has 4 heteroatoms. The first-order chi connectivity index (χ1) is 6.22. The van der Waals surface area contributed by atoms with E-state index in [1.54, 1.807) is 0 Å². The molecular formula is C9H16N2OS. The van der Waals surface area contributed by atoms with Gasteiger partial charge in [-0.25, -0.2) is 0 Å². The number of nitrogens with two attached hydrogens (primary N) is 1. The Balaban J connectivity index is 2.20. The van der Waals surface area contributed by atoms with Gasteiger partial charge in [0.05, 0.1) is 11.4 Å². The maximum atomic E-state index is 5.51. The lowest BCUT2D eigenvalue weighted by atomic mass is 10.2. The zero-order valence-corrected chi connectivity index (χ0v) is 8.93. The summed E-state index contributed by atoms with van der Waals surface area (Å²) in [6.45, 7) is 4.83. The lowest BCUT2D eigenvalue weighted by Gasteiger charge is -2.05. The van der Waals surface area contributed by atoms with E-state index in [0.29, 0.717) is 5.92 Å². The fourth-order valence-corrected chi connectivity index (χ4v) is 1.91. The minimum absolute atomic E-state index is 0.578. The molecule has 0 aliphatic heterocycles. The van der Waals surface area contributed by atoms with Crippen molar-refractivity contribution in [1.82, 2.24) is 5.16 Å². The van der Waals surface area contributed by atoms with Crippen molar-refractivity contribution in [2.24, 2.45) is 11.7 Å². The number of thioether (sulfide) groups is 1. The topological polar surface area (TPSA) is 52.0 Å². The largest absolute Gasteiger partial charge is 0.360 e. The summed E-state index contributed by atoms with van der Waals surface area (Å²) in [6, 6.07) is 1.97. The van der Waals surface area contributed by atoms with Gasteiger partial charge in [0.2, 0.25) is 0 Å². The van der Waals surface area contributed by atoms with Crippen LogP contribution in [0.2, 0.25) is 0 Å². The van der Waals surface area contributed by atoms with E-state index in [1.165, 1.54) is 0 Å². The van der Waals surface area contributed by atoms with Crippen LogP contribution in [0.25, 0.3) is 0 Å². The molecule has 13 heavy (non-hydrogen) atoms. The third-order valence-corrected chi connectivity index (χ3v) is 3.02. The molecule has 3 nitrogen and oxygen atoms in total. The van der Waals surface area contributed by atoms with E-state index in [4.69, 9.17) is 10.3 Å². The first-order valence-corrected chi connectivity index (χ1v) is 5.58. The molecule has 1 unspecified atom stereocenters. The molecule has 0 radical (unpaired) electrons. The summed E-state index contributed by atoms with van der Waals surface area (Å²) >= 11 is 1.84. The maximum absolute atomic E-state index is 5.51. The highest BCUT2D eigenvalue weighted by Gasteiger charge is 2.03. The summed E-state index contributed by atoms with van der Waals surface area (Å²) in [5, 5.41) is 3.82. The van der Waals surface area contributed by atoms with Crippen molar-refractivity contribution in [2.45, 2.75) is 19.6 Å². The molecule has 0 aliphatic carbocycles. The first-order valence-electron chi connectivity index (χ1n) is 4.42. The zero-order chi connectivity index (χ0) is 9.68. The molecule has 0 bridgehead atoms. The first kappa shape index (κ1) is 10.6. The number of aryl methyl sites for hydroxylation is 1. The van der Waals surface area contributed by atoms with Crippen molar-refractivity contribution in [3.63, 3.8) is 0 Å². The van der Waals surface area contributed by atoms with Crippen LogP contribution in [0.3, 0.4) is 0 Å². The van der Waals surface area contributed by atoms with Gasteiger partial charge in [-0.3, -0.25) is 0 Å². The van der Waals surface area contributed by atoms with E-state index in [1.807, 2.05) is 24.8 Å². The van der Waals surface area contributed by atoms with Crippen LogP contribution in [-0.2, 0) is 5.75 Å². The quantitative estimate of drug-likeness (QED) is 0.787. The van der Waals surface area contributed by atoms with Crippen LogP contribution in [0.4, 0.5) is 0 Å². The zero-order valence-electron chi connectivity index (χ0n) is 8.12. The Morgan fingerprint density at radius 2 is 2.46 bits per heavy atom. The van der Waals surface area contributed by atoms with Gasteiger partial charge in [0, 0.05) is 6.07 Å². The van der Waals surface area contributed by atoms with Crippen LogP contribution in [0.15, 0.2) is 10.6 Å². The lowest BCUT2D eigenvalue weighted by Crippen LogP contribution is -2.12. The van der Waals surface area contributed by atoms with Crippen LogP contribution in [0.5, 0.6) is 0 Å². The Labute approximate surface area is 83.0 Å². The van der Waals surface area contributed by atoms with Crippen LogP contribution in [0, 0.1) is 12.8 Å². The molecule has 2 N–H and O–H groups in total. The minimum Gasteiger partial charge on any atom is -0.360 e. The van der Waals surface area contributed by atoms with E-state index in [-0.39, 0.29) is 0 Å². The maximum Gasteiger partial charge on any atom is 0.146 e. The molecule has 1 aromatic heterocycles. The molecule has 0 spiro atoms. The lowest BCUT2D eigenvalue weighted by molar-refractivity contribution is 0.391. The molecule has 0 aliphatic rings. The molecule has 0 fully saturated rings. The van der Waals surface area contributed by atoms with E-state index >= 15 is 0 Å². The van der Waals surface area contributed by atoms with Gasteiger partial charge in [0.25, 0.3) is 0 Å². The second-order valence-corrected chi connectivity index (χ2v) is 4.32. The molecule has 1 atom stereocenters. The molecule has 0 amide bonds. The summed E-state index contributed by atoms with van der Waals surface area (Å²) in [5.41, 5.74) is 6.45. The van der Waals surface area contributed by atoms with Crippen LogP contribution in [0.1, 0.15) is 18.4 Å². The summed E-state index contributed by atoms with van der Waals surface area (Å²) < 4.78 is 5.08. The van der Waals surface area contributed by atoms with E-state index in [9.17, 15) is 0 Å². The standard InChI is InChI=1S/C9H16N2OS/c1-7(4-10)5-13-6-9-3-8(2)11-12-9/h3,7H,4-6,10H2,1-2H3. The van der Waals surface area contributed by atoms with Crippen molar-refractivity contribution in [2.75, 3.05) is 12.3 Å². The van der Waals surface area contributed by atoms with E-state index in [2.05, 4.69) is 12.1 Å². The third-order valence-electron chi connectivity index (χ3n) is 1.73. The van der Waals surface area contributed by atoms with Gasteiger partial charge in [-0.05, 0) is 25.1 Å². The number of nitrogens with zero attached hydrogens (tertiary/aromatic N) is 1. The van der Waals surface area contributed by atoms with Crippen LogP contribution in [-0.4, -0.2) is 17.5 Å². The summed E-state index contributed by atoms with van der Waals surface area (Å²) in [5.74, 6) is 3.50. The Kier molecular flexibility index (Phi) is 4.32. The highest BCUT2D eigenvalue weighted by atomic mass is 32.2. The third kappa shape index (κ3) is 3.83. The SMILES string of the molecule is Cc1cc(CSCC(C)CN)on1. The van der Waals surface area contributed by atoms with Gasteiger partial charge in [0.1, 0.15) is 5.76 Å². The Morgan fingerprint density at radius 1 is 1.69 bits per heavy atom. The van der Waals surface area contributed by atoms with Gasteiger partial charge in [-0.15, -0.1) is 0 Å². The van der Waals surface area contributed by atoms with Gasteiger partial charge in [-0.2, -0.15) is 11.8 Å². The summed E-state index contributed by atoms with van der Waals surface area (Å²) in [6.07, 6.45) is 0. The fraction of sp³-hybridized carbons (Fsp3) is 0.667. The van der Waals surface area contributed by atoms with Gasteiger partial charge in [0.15, 0.2) is 0 Å². The predicted octanol–water partition coefficient (Wildman–Crippen LogP) is 1.81. The van der Waals surface area contributed by atoms with Gasteiger partial charge >= 0.3 is 0 Å².